The zero-order valence-electron chi connectivity index (χ0n) is 17.4. The lowest BCUT2D eigenvalue weighted by Crippen LogP contribution is -2.30. The Morgan fingerprint density at radius 1 is 1.06 bits per heavy atom. The Kier molecular flexibility index (Phi) is 6.09. The van der Waals surface area contributed by atoms with Gasteiger partial charge < -0.3 is 10.1 Å². The minimum absolute atomic E-state index is 0.193. The number of pyridine rings is 1. The van der Waals surface area contributed by atoms with Crippen LogP contribution < -0.4 is 15.0 Å². The van der Waals surface area contributed by atoms with Crippen LogP contribution in [0, 0.1) is 0 Å². The summed E-state index contributed by atoms with van der Waals surface area (Å²) in [5, 5.41) is 3.40. The van der Waals surface area contributed by atoms with Gasteiger partial charge in [-0.05, 0) is 60.1 Å². The molecule has 0 spiro atoms. The normalized spacial score (nSPS) is 14.9. The topological polar surface area (TPSA) is 54.5 Å². The van der Waals surface area contributed by atoms with Gasteiger partial charge >= 0.3 is 0 Å². The number of nitrogens with zero attached hydrogens (tertiary/aromatic N) is 2. The zero-order valence-corrected chi connectivity index (χ0v) is 18.2. The van der Waals surface area contributed by atoms with Crippen molar-refractivity contribution < 1.29 is 9.53 Å². The van der Waals surface area contributed by atoms with Gasteiger partial charge in [-0.2, -0.15) is 0 Å². The van der Waals surface area contributed by atoms with E-state index < -0.39 is 0 Å². The molecule has 0 atom stereocenters. The molecule has 1 fully saturated rings. The lowest BCUT2D eigenvalue weighted by atomic mass is 10.0. The smallest absolute Gasteiger partial charge is 0.281 e. The predicted octanol–water partition coefficient (Wildman–Crippen LogP) is 5.05. The highest BCUT2D eigenvalue weighted by Gasteiger charge is 2.32. The quantitative estimate of drug-likeness (QED) is 0.439. The first kappa shape index (κ1) is 20.8. The fourth-order valence-electron chi connectivity index (χ4n) is 3.30. The van der Waals surface area contributed by atoms with Crippen molar-refractivity contribution in [2.24, 2.45) is 0 Å². The lowest BCUT2D eigenvalue weighted by Gasteiger charge is -2.15. The van der Waals surface area contributed by atoms with Gasteiger partial charge in [-0.1, -0.05) is 50.2 Å². The third kappa shape index (κ3) is 4.64. The third-order valence-corrected chi connectivity index (χ3v) is 5.30. The van der Waals surface area contributed by atoms with E-state index in [9.17, 15) is 4.79 Å². The van der Waals surface area contributed by atoms with Gasteiger partial charge in [0.1, 0.15) is 18.1 Å². The Balaban J connectivity index is 1.55. The number of nitrogens with one attached hydrogen (secondary N) is 1. The molecule has 156 valence electrons. The van der Waals surface area contributed by atoms with Gasteiger partial charge in [0.2, 0.25) is 0 Å². The van der Waals surface area contributed by atoms with Crippen LogP contribution in [0.1, 0.15) is 36.6 Å². The molecule has 2 heterocycles. The van der Waals surface area contributed by atoms with E-state index >= 15 is 0 Å². The van der Waals surface area contributed by atoms with Crippen molar-refractivity contribution in [2.75, 3.05) is 4.90 Å². The van der Waals surface area contributed by atoms with Crippen molar-refractivity contribution >= 4 is 35.0 Å². The van der Waals surface area contributed by atoms with Crippen LogP contribution in [0.2, 0.25) is 0 Å². The number of benzene rings is 2. The van der Waals surface area contributed by atoms with Crippen molar-refractivity contribution in [2.45, 2.75) is 26.4 Å². The molecular weight excluding hydrogens is 406 g/mol. The van der Waals surface area contributed by atoms with E-state index in [1.54, 1.807) is 12.3 Å². The average Bonchev–Trinajstić information content (AvgIpc) is 3.06. The molecule has 0 bridgehead atoms. The molecule has 1 aliphatic heterocycles. The fraction of sp³-hybridized carbons (Fsp3) is 0.160. The van der Waals surface area contributed by atoms with Crippen molar-refractivity contribution in [1.29, 1.82) is 0 Å². The monoisotopic (exact) mass is 429 g/mol. The maximum atomic E-state index is 13.1. The van der Waals surface area contributed by atoms with E-state index in [0.29, 0.717) is 29.1 Å². The highest BCUT2D eigenvalue weighted by molar-refractivity contribution is 7.80. The molecule has 4 rings (SSSR count). The van der Waals surface area contributed by atoms with Crippen molar-refractivity contribution in [3.63, 3.8) is 0 Å². The van der Waals surface area contributed by atoms with Crippen LogP contribution in [0.15, 0.2) is 78.6 Å². The number of anilines is 1. The SMILES string of the molecule is CC(C)c1ccc(N2C(=O)/C(=C\c3ccccc3OCc3ccccn3)NC2=S)cc1. The van der Waals surface area contributed by atoms with Crippen LogP contribution in [0.25, 0.3) is 6.08 Å². The minimum Gasteiger partial charge on any atom is -0.487 e. The number of thiocarbonyl (C=S) groups is 1. The number of aromatic nitrogens is 1. The number of carbonyl (C=O) groups excluding carboxylic acids is 1. The Morgan fingerprint density at radius 3 is 2.52 bits per heavy atom. The molecule has 6 heteroatoms. The second-order valence-electron chi connectivity index (χ2n) is 7.52. The maximum absolute atomic E-state index is 13.1. The highest BCUT2D eigenvalue weighted by atomic mass is 32.1. The van der Waals surface area contributed by atoms with Crippen LogP contribution in [0.3, 0.4) is 0 Å². The molecule has 3 aromatic rings. The first-order valence-corrected chi connectivity index (χ1v) is 10.5. The van der Waals surface area contributed by atoms with Gasteiger partial charge in [0.15, 0.2) is 5.11 Å². The second kappa shape index (κ2) is 9.10. The van der Waals surface area contributed by atoms with Gasteiger partial charge in [-0.25, -0.2) is 0 Å². The molecule has 1 aromatic heterocycles. The number of amides is 1. The molecule has 1 saturated heterocycles. The first-order valence-electron chi connectivity index (χ1n) is 10.1. The molecular formula is C25H23N3O2S. The summed E-state index contributed by atoms with van der Waals surface area (Å²) in [6.07, 6.45) is 3.50. The summed E-state index contributed by atoms with van der Waals surface area (Å²) in [6, 6.07) is 21.2. The summed E-state index contributed by atoms with van der Waals surface area (Å²) >= 11 is 5.44. The second-order valence-corrected chi connectivity index (χ2v) is 7.91. The molecule has 2 aromatic carbocycles. The van der Waals surface area contributed by atoms with Crippen molar-refractivity contribution in [3.8, 4) is 5.75 Å². The summed E-state index contributed by atoms with van der Waals surface area (Å²) in [7, 11) is 0. The van der Waals surface area contributed by atoms with Gasteiger partial charge in [-0.3, -0.25) is 14.7 Å². The van der Waals surface area contributed by atoms with Crippen LogP contribution in [-0.4, -0.2) is 16.0 Å². The Labute approximate surface area is 187 Å². The van der Waals surface area contributed by atoms with Crippen LogP contribution in [0.4, 0.5) is 5.69 Å². The summed E-state index contributed by atoms with van der Waals surface area (Å²) < 4.78 is 5.95. The molecule has 1 amide bonds. The van der Waals surface area contributed by atoms with Gasteiger partial charge in [0, 0.05) is 11.8 Å². The largest absolute Gasteiger partial charge is 0.487 e. The molecule has 31 heavy (non-hydrogen) atoms. The third-order valence-electron chi connectivity index (χ3n) is 5.02. The molecule has 0 saturated carbocycles. The van der Waals surface area contributed by atoms with E-state index in [1.807, 2.05) is 66.7 Å². The van der Waals surface area contributed by atoms with Crippen molar-refractivity contribution in [1.82, 2.24) is 10.3 Å². The zero-order chi connectivity index (χ0) is 21.8. The molecule has 0 unspecified atom stereocenters. The van der Waals surface area contributed by atoms with E-state index in [2.05, 4.69) is 24.1 Å². The Hall–Kier alpha value is -3.51. The number of para-hydroxylation sites is 1. The Morgan fingerprint density at radius 2 is 1.81 bits per heavy atom. The van der Waals surface area contributed by atoms with E-state index in [1.165, 1.54) is 10.5 Å². The summed E-state index contributed by atoms with van der Waals surface area (Å²) in [5.74, 6) is 0.897. The molecule has 0 aliphatic carbocycles. The van der Waals surface area contributed by atoms with E-state index in [-0.39, 0.29) is 5.91 Å². The van der Waals surface area contributed by atoms with E-state index in [0.717, 1.165) is 16.9 Å². The molecule has 1 aliphatic rings. The van der Waals surface area contributed by atoms with Crippen LogP contribution >= 0.6 is 12.2 Å². The molecule has 5 nitrogen and oxygen atoms in total. The minimum atomic E-state index is -0.193. The maximum Gasteiger partial charge on any atom is 0.281 e. The summed E-state index contributed by atoms with van der Waals surface area (Å²) in [6.45, 7) is 4.61. The van der Waals surface area contributed by atoms with Crippen LogP contribution in [-0.2, 0) is 11.4 Å². The summed E-state index contributed by atoms with van der Waals surface area (Å²) in [5.41, 5.74) is 3.98. The highest BCUT2D eigenvalue weighted by Crippen LogP contribution is 2.27. The van der Waals surface area contributed by atoms with Crippen molar-refractivity contribution in [3.05, 3.63) is 95.4 Å². The van der Waals surface area contributed by atoms with E-state index in [4.69, 9.17) is 17.0 Å². The molecule has 1 N–H and O–H groups in total. The standard InChI is InChI=1S/C25H23N3O2S/c1-17(2)18-10-12-21(13-11-18)28-24(29)22(27-25(28)31)15-19-7-3-4-9-23(19)30-16-20-8-5-6-14-26-20/h3-15,17H,16H2,1-2H3,(H,27,31)/b22-15+. The predicted molar refractivity (Wildman–Crippen MR) is 127 cm³/mol. The lowest BCUT2D eigenvalue weighted by molar-refractivity contribution is -0.113. The van der Waals surface area contributed by atoms with Crippen LogP contribution in [0.5, 0.6) is 5.75 Å². The average molecular weight is 430 g/mol. The molecule has 0 radical (unpaired) electrons. The van der Waals surface area contributed by atoms with Gasteiger partial charge in [0.25, 0.3) is 5.91 Å². The number of rotatable bonds is 6. The number of hydrogen-bond donors (Lipinski definition) is 1. The number of ether oxygens (including phenoxy) is 1. The Bertz CT molecular complexity index is 1130. The first-order chi connectivity index (χ1) is 15.0. The summed E-state index contributed by atoms with van der Waals surface area (Å²) in [4.78, 5) is 18.9. The fourth-order valence-corrected chi connectivity index (χ4v) is 3.60. The van der Waals surface area contributed by atoms with Gasteiger partial charge in [-0.15, -0.1) is 0 Å². The number of hydrogen-bond acceptors (Lipinski definition) is 4. The number of carbonyl (C=O) groups is 1. The van der Waals surface area contributed by atoms with Gasteiger partial charge in [0.05, 0.1) is 11.4 Å².